The zero-order valence-electron chi connectivity index (χ0n) is 11.4. The molecule has 0 amide bonds. The van der Waals surface area contributed by atoms with E-state index >= 15 is 0 Å². The van der Waals surface area contributed by atoms with Gasteiger partial charge in [0.25, 0.3) is 0 Å². The van der Waals surface area contributed by atoms with Crippen molar-refractivity contribution in [1.29, 1.82) is 0 Å². The zero-order chi connectivity index (χ0) is 14.1. The molecule has 19 heavy (non-hydrogen) atoms. The predicted octanol–water partition coefficient (Wildman–Crippen LogP) is 2.90. The molecule has 0 spiro atoms. The van der Waals surface area contributed by atoms with Crippen LogP contribution in [-0.4, -0.2) is 31.5 Å². The number of halogens is 1. The molecule has 0 aliphatic carbocycles. The largest absolute Gasteiger partial charge is 0.243 e. The average Bonchev–Trinajstić information content (AvgIpc) is 2.51. The third kappa shape index (κ3) is 3.34. The van der Waals surface area contributed by atoms with E-state index in [-0.39, 0.29) is 11.4 Å². The van der Waals surface area contributed by atoms with Gasteiger partial charge >= 0.3 is 0 Å². The number of sulfonamides is 1. The molecule has 1 aromatic rings. The highest BCUT2D eigenvalue weighted by molar-refractivity contribution is 7.89. The van der Waals surface area contributed by atoms with Gasteiger partial charge in [-0.2, -0.15) is 4.31 Å². The molecule has 1 saturated heterocycles. The third-order valence-corrected chi connectivity index (χ3v) is 5.38. The van der Waals surface area contributed by atoms with Crippen LogP contribution in [0.25, 0.3) is 0 Å². The first-order valence-corrected chi connectivity index (χ1v) is 8.01. The van der Waals surface area contributed by atoms with Crippen molar-refractivity contribution in [3.63, 3.8) is 0 Å². The molecule has 5 heteroatoms. The Bertz CT molecular complexity index is 537. The quantitative estimate of drug-likeness (QED) is 0.838. The summed E-state index contributed by atoms with van der Waals surface area (Å²) < 4.78 is 40.5. The Morgan fingerprint density at radius 3 is 2.47 bits per heavy atom. The predicted molar refractivity (Wildman–Crippen MR) is 73.3 cm³/mol. The molecule has 0 bridgehead atoms. The zero-order valence-corrected chi connectivity index (χ0v) is 12.2. The van der Waals surface area contributed by atoms with E-state index in [1.165, 1.54) is 11.2 Å². The van der Waals surface area contributed by atoms with Gasteiger partial charge in [-0.25, -0.2) is 12.8 Å². The number of rotatable bonds is 2. The fraction of sp³-hybridized carbons (Fsp3) is 0.571. The molecule has 1 unspecified atom stereocenters. The van der Waals surface area contributed by atoms with Gasteiger partial charge in [-0.15, -0.1) is 0 Å². The first-order valence-electron chi connectivity index (χ1n) is 6.57. The molecule has 2 rings (SSSR count). The molecular weight excluding hydrogens is 265 g/mol. The maximum atomic E-state index is 14.2. The van der Waals surface area contributed by atoms with Crippen molar-refractivity contribution in [1.82, 2.24) is 4.31 Å². The molecule has 1 aliphatic rings. The standard InChI is InChI=1S/C14H20FNO2S/c1-12-5-7-13(8-6-12)19(17,18)16-10-4-3-9-14(2,15)11-16/h5-8H,3-4,9-11H2,1-2H3. The summed E-state index contributed by atoms with van der Waals surface area (Å²) in [6.07, 6.45) is 1.87. The lowest BCUT2D eigenvalue weighted by atomic mass is 10.0. The van der Waals surface area contributed by atoms with Crippen molar-refractivity contribution < 1.29 is 12.8 Å². The molecule has 1 aromatic carbocycles. The molecule has 1 atom stereocenters. The molecular formula is C14H20FNO2S. The molecule has 1 aliphatic heterocycles. The van der Waals surface area contributed by atoms with Crippen LogP contribution in [0.5, 0.6) is 0 Å². The minimum Gasteiger partial charge on any atom is -0.243 e. The van der Waals surface area contributed by atoms with E-state index in [4.69, 9.17) is 0 Å². The van der Waals surface area contributed by atoms with Crippen molar-refractivity contribution in [3.05, 3.63) is 29.8 Å². The first-order chi connectivity index (χ1) is 8.81. The van der Waals surface area contributed by atoms with E-state index in [2.05, 4.69) is 0 Å². The Morgan fingerprint density at radius 2 is 1.84 bits per heavy atom. The molecule has 0 N–H and O–H groups in total. The van der Waals surface area contributed by atoms with Crippen molar-refractivity contribution in [2.24, 2.45) is 0 Å². The maximum absolute atomic E-state index is 14.2. The summed E-state index contributed by atoms with van der Waals surface area (Å²) in [6, 6.07) is 6.70. The van der Waals surface area contributed by atoms with Crippen molar-refractivity contribution in [2.45, 2.75) is 43.7 Å². The van der Waals surface area contributed by atoms with Crippen LogP contribution < -0.4 is 0 Å². The van der Waals surface area contributed by atoms with E-state index in [0.29, 0.717) is 19.4 Å². The second kappa shape index (κ2) is 5.21. The van der Waals surface area contributed by atoms with E-state index in [1.807, 2.05) is 6.92 Å². The summed E-state index contributed by atoms with van der Waals surface area (Å²) in [4.78, 5) is 0.246. The molecule has 1 fully saturated rings. The molecule has 0 saturated carbocycles. The van der Waals surface area contributed by atoms with E-state index in [1.54, 1.807) is 24.3 Å². The van der Waals surface area contributed by atoms with Crippen molar-refractivity contribution in [3.8, 4) is 0 Å². The fourth-order valence-electron chi connectivity index (χ4n) is 2.37. The van der Waals surface area contributed by atoms with Crippen LogP contribution in [0.15, 0.2) is 29.2 Å². The van der Waals surface area contributed by atoms with E-state index < -0.39 is 15.7 Å². The van der Waals surface area contributed by atoms with Crippen LogP contribution in [0.2, 0.25) is 0 Å². The van der Waals surface area contributed by atoms with Gasteiger partial charge in [-0.3, -0.25) is 0 Å². The Hall–Kier alpha value is -0.940. The van der Waals surface area contributed by atoms with Crippen molar-refractivity contribution in [2.75, 3.05) is 13.1 Å². The lowest BCUT2D eigenvalue weighted by Gasteiger charge is -2.26. The van der Waals surface area contributed by atoms with Gasteiger partial charge in [0.1, 0.15) is 5.67 Å². The highest BCUT2D eigenvalue weighted by atomic mass is 32.2. The third-order valence-electron chi connectivity index (χ3n) is 3.52. The van der Waals surface area contributed by atoms with Crippen LogP contribution in [-0.2, 0) is 10.0 Å². The summed E-state index contributed by atoms with van der Waals surface area (Å²) in [5.41, 5.74) is -0.431. The highest BCUT2D eigenvalue weighted by Crippen LogP contribution is 2.28. The number of nitrogens with zero attached hydrogens (tertiary/aromatic N) is 1. The van der Waals surface area contributed by atoms with Crippen LogP contribution in [0.1, 0.15) is 31.7 Å². The maximum Gasteiger partial charge on any atom is 0.243 e. The van der Waals surface area contributed by atoms with E-state index in [9.17, 15) is 12.8 Å². The van der Waals surface area contributed by atoms with Gasteiger partial charge in [-0.1, -0.05) is 17.7 Å². The lowest BCUT2D eigenvalue weighted by Crippen LogP contribution is -2.40. The second-order valence-electron chi connectivity index (χ2n) is 5.52. The summed E-state index contributed by atoms with van der Waals surface area (Å²) in [5.74, 6) is 0. The smallest absolute Gasteiger partial charge is 0.243 e. The Balaban J connectivity index is 2.30. The monoisotopic (exact) mass is 285 g/mol. The van der Waals surface area contributed by atoms with Gasteiger partial charge in [0.05, 0.1) is 4.90 Å². The summed E-state index contributed by atoms with van der Waals surface area (Å²) in [7, 11) is -3.58. The minimum atomic E-state index is -3.58. The number of hydrogen-bond donors (Lipinski definition) is 0. The van der Waals surface area contributed by atoms with Gasteiger partial charge in [0, 0.05) is 13.1 Å². The molecule has 0 radical (unpaired) electrons. The van der Waals surface area contributed by atoms with Gasteiger partial charge in [0.15, 0.2) is 0 Å². The fourth-order valence-corrected chi connectivity index (χ4v) is 3.96. The minimum absolute atomic E-state index is 0.0524. The number of benzene rings is 1. The Morgan fingerprint density at radius 1 is 1.21 bits per heavy atom. The van der Waals surface area contributed by atoms with Crippen LogP contribution in [0.4, 0.5) is 4.39 Å². The molecule has 3 nitrogen and oxygen atoms in total. The van der Waals surface area contributed by atoms with Gasteiger partial charge in [-0.05, 0) is 45.2 Å². The molecule has 106 valence electrons. The van der Waals surface area contributed by atoms with Gasteiger partial charge < -0.3 is 0 Å². The highest BCUT2D eigenvalue weighted by Gasteiger charge is 2.35. The number of alkyl halides is 1. The Kier molecular flexibility index (Phi) is 3.97. The SMILES string of the molecule is Cc1ccc(S(=O)(=O)N2CCCCC(C)(F)C2)cc1. The number of aryl methyl sites for hydroxylation is 1. The topological polar surface area (TPSA) is 37.4 Å². The summed E-state index contributed by atoms with van der Waals surface area (Å²) >= 11 is 0. The summed E-state index contributed by atoms with van der Waals surface area (Å²) in [5, 5.41) is 0. The van der Waals surface area contributed by atoms with E-state index in [0.717, 1.165) is 12.0 Å². The average molecular weight is 285 g/mol. The summed E-state index contributed by atoms with van der Waals surface area (Å²) in [6.45, 7) is 3.73. The lowest BCUT2D eigenvalue weighted by molar-refractivity contribution is 0.153. The van der Waals surface area contributed by atoms with Crippen LogP contribution in [0, 0.1) is 6.92 Å². The Labute approximate surface area is 114 Å². The first kappa shape index (κ1) is 14.5. The number of hydrogen-bond acceptors (Lipinski definition) is 2. The normalized spacial score (nSPS) is 26.1. The van der Waals surface area contributed by atoms with Crippen LogP contribution in [0.3, 0.4) is 0 Å². The van der Waals surface area contributed by atoms with Crippen LogP contribution >= 0.6 is 0 Å². The molecule has 1 heterocycles. The second-order valence-corrected chi connectivity index (χ2v) is 7.46. The molecule has 0 aromatic heterocycles. The van der Waals surface area contributed by atoms with Gasteiger partial charge in [0.2, 0.25) is 10.0 Å². The van der Waals surface area contributed by atoms with Crippen molar-refractivity contribution >= 4 is 10.0 Å².